The molecule has 0 spiro atoms. The fourth-order valence-electron chi connectivity index (χ4n) is 2.49. The van der Waals surface area contributed by atoms with E-state index in [4.69, 9.17) is 10.5 Å². The molecule has 0 saturated carbocycles. The molecule has 2 aromatic heterocycles. The Morgan fingerprint density at radius 1 is 1.23 bits per heavy atom. The zero-order valence-corrected chi connectivity index (χ0v) is 12.7. The van der Waals surface area contributed by atoms with E-state index >= 15 is 0 Å². The monoisotopic (exact) mass is 296 g/mol. The molecule has 0 unspecified atom stereocenters. The van der Waals surface area contributed by atoms with Crippen LogP contribution in [0, 0.1) is 6.92 Å². The highest BCUT2D eigenvalue weighted by Gasteiger charge is 2.11. The lowest BCUT2D eigenvalue weighted by molar-refractivity contribution is 0.317. The predicted octanol–water partition coefficient (Wildman–Crippen LogP) is 2.32. The lowest BCUT2D eigenvalue weighted by atomic mass is 10.3. The Morgan fingerprint density at radius 2 is 2.05 bits per heavy atom. The van der Waals surface area contributed by atoms with Crippen LogP contribution >= 0.6 is 0 Å². The molecule has 0 fully saturated rings. The minimum Gasteiger partial charge on any atom is -0.493 e. The third-order valence-electron chi connectivity index (χ3n) is 3.49. The van der Waals surface area contributed by atoms with Gasteiger partial charge in [0.25, 0.3) is 0 Å². The minimum absolute atomic E-state index is 0.563. The summed E-state index contributed by atoms with van der Waals surface area (Å²) in [5.41, 5.74) is 8.64. The summed E-state index contributed by atoms with van der Waals surface area (Å²) in [5.74, 6) is 1.84. The number of pyridine rings is 1. The number of hydrogen-bond acceptors (Lipinski definition) is 4. The molecule has 0 bridgehead atoms. The number of nitrogens with two attached hydrogens (primary N) is 1. The van der Waals surface area contributed by atoms with Gasteiger partial charge in [0.15, 0.2) is 5.65 Å². The van der Waals surface area contributed by atoms with Gasteiger partial charge in [0, 0.05) is 25.7 Å². The largest absolute Gasteiger partial charge is 0.493 e. The van der Waals surface area contributed by atoms with Crippen LogP contribution in [0.25, 0.3) is 11.2 Å². The van der Waals surface area contributed by atoms with Crippen LogP contribution in [-0.4, -0.2) is 27.7 Å². The van der Waals surface area contributed by atoms with Gasteiger partial charge in [0.1, 0.15) is 17.1 Å². The highest BCUT2D eigenvalue weighted by Crippen LogP contribution is 2.16. The van der Waals surface area contributed by atoms with Gasteiger partial charge in [-0.25, -0.2) is 9.97 Å². The van der Waals surface area contributed by atoms with Crippen molar-refractivity contribution in [2.24, 2.45) is 5.73 Å². The maximum atomic E-state index is 5.76. The quantitative estimate of drug-likeness (QED) is 0.758. The molecule has 114 valence electrons. The van der Waals surface area contributed by atoms with E-state index < -0.39 is 0 Å². The van der Waals surface area contributed by atoms with Crippen molar-refractivity contribution in [2.45, 2.75) is 19.9 Å². The van der Waals surface area contributed by atoms with E-state index in [1.54, 1.807) is 0 Å². The van der Waals surface area contributed by atoms with Crippen LogP contribution in [0.4, 0.5) is 0 Å². The third-order valence-corrected chi connectivity index (χ3v) is 3.49. The molecule has 5 heteroatoms. The summed E-state index contributed by atoms with van der Waals surface area (Å²) in [7, 11) is 0. The molecular weight excluding hydrogens is 276 g/mol. The molecule has 3 rings (SSSR count). The van der Waals surface area contributed by atoms with Gasteiger partial charge in [-0.1, -0.05) is 18.2 Å². The Balaban J connectivity index is 1.78. The Hall–Kier alpha value is -2.40. The molecule has 0 atom stereocenters. The summed E-state index contributed by atoms with van der Waals surface area (Å²) in [6, 6.07) is 11.9. The van der Waals surface area contributed by atoms with E-state index in [1.807, 2.05) is 43.5 Å². The SMILES string of the molecule is Cc1cnc2c(c1)nc(CCOc1ccccc1)n2CCN. The molecule has 0 radical (unpaired) electrons. The number of aryl methyl sites for hydroxylation is 1. The van der Waals surface area contributed by atoms with Crippen LogP contribution in [0.3, 0.4) is 0 Å². The zero-order chi connectivity index (χ0) is 15.4. The van der Waals surface area contributed by atoms with Gasteiger partial charge in [-0.2, -0.15) is 0 Å². The van der Waals surface area contributed by atoms with Crippen LogP contribution in [0.2, 0.25) is 0 Å². The highest BCUT2D eigenvalue weighted by molar-refractivity contribution is 5.72. The molecule has 2 N–H and O–H groups in total. The fraction of sp³-hybridized carbons (Fsp3) is 0.294. The first-order valence-electron chi connectivity index (χ1n) is 7.47. The summed E-state index contributed by atoms with van der Waals surface area (Å²) in [6.45, 7) is 3.88. The van der Waals surface area contributed by atoms with Crippen molar-refractivity contribution in [3.05, 3.63) is 54.0 Å². The number of imidazole rings is 1. The van der Waals surface area contributed by atoms with Crippen molar-refractivity contribution in [3.63, 3.8) is 0 Å². The van der Waals surface area contributed by atoms with Crippen molar-refractivity contribution < 1.29 is 4.74 Å². The van der Waals surface area contributed by atoms with E-state index in [9.17, 15) is 0 Å². The van der Waals surface area contributed by atoms with Crippen molar-refractivity contribution in [1.82, 2.24) is 14.5 Å². The Labute approximate surface area is 129 Å². The first kappa shape index (κ1) is 14.5. The topological polar surface area (TPSA) is 66.0 Å². The van der Waals surface area contributed by atoms with Gasteiger partial charge in [-0.3, -0.25) is 0 Å². The van der Waals surface area contributed by atoms with Crippen LogP contribution < -0.4 is 10.5 Å². The number of fused-ring (bicyclic) bond motifs is 1. The van der Waals surface area contributed by atoms with E-state index in [2.05, 4.69) is 20.6 Å². The van der Waals surface area contributed by atoms with E-state index in [0.29, 0.717) is 19.7 Å². The van der Waals surface area contributed by atoms with Gasteiger partial charge in [-0.15, -0.1) is 0 Å². The number of rotatable bonds is 6. The summed E-state index contributed by atoms with van der Waals surface area (Å²) in [5, 5.41) is 0. The maximum Gasteiger partial charge on any atom is 0.160 e. The molecule has 0 saturated heterocycles. The third kappa shape index (κ3) is 3.09. The standard InChI is InChI=1S/C17H20N4O/c1-13-11-15-17(19-12-13)21(9-8-18)16(20-15)7-10-22-14-5-3-2-4-6-14/h2-6,11-12H,7-10,18H2,1H3. The molecule has 0 aliphatic rings. The Bertz CT molecular complexity index is 752. The summed E-state index contributed by atoms with van der Waals surface area (Å²) >= 11 is 0. The molecular formula is C17H20N4O. The maximum absolute atomic E-state index is 5.76. The lowest BCUT2D eigenvalue weighted by Crippen LogP contribution is -2.15. The second-order valence-electron chi connectivity index (χ2n) is 5.24. The molecule has 1 aromatic carbocycles. The highest BCUT2D eigenvalue weighted by atomic mass is 16.5. The smallest absolute Gasteiger partial charge is 0.160 e. The van der Waals surface area contributed by atoms with Crippen molar-refractivity contribution in [2.75, 3.05) is 13.2 Å². The van der Waals surface area contributed by atoms with E-state index in [-0.39, 0.29) is 0 Å². The fourth-order valence-corrected chi connectivity index (χ4v) is 2.49. The van der Waals surface area contributed by atoms with Gasteiger partial charge >= 0.3 is 0 Å². The number of ether oxygens (including phenoxy) is 1. The molecule has 22 heavy (non-hydrogen) atoms. The summed E-state index contributed by atoms with van der Waals surface area (Å²) in [4.78, 5) is 9.18. The molecule has 3 aromatic rings. The van der Waals surface area contributed by atoms with Crippen molar-refractivity contribution in [1.29, 1.82) is 0 Å². The average Bonchev–Trinajstić information content (AvgIpc) is 2.86. The molecule has 0 amide bonds. The van der Waals surface area contributed by atoms with Crippen molar-refractivity contribution in [3.8, 4) is 5.75 Å². The molecule has 0 aliphatic heterocycles. The summed E-state index contributed by atoms with van der Waals surface area (Å²) in [6.07, 6.45) is 2.59. The number of para-hydroxylation sites is 1. The second-order valence-corrected chi connectivity index (χ2v) is 5.24. The van der Waals surface area contributed by atoms with Crippen LogP contribution in [0.1, 0.15) is 11.4 Å². The molecule has 5 nitrogen and oxygen atoms in total. The zero-order valence-electron chi connectivity index (χ0n) is 12.7. The minimum atomic E-state index is 0.563. The van der Waals surface area contributed by atoms with Crippen LogP contribution in [-0.2, 0) is 13.0 Å². The van der Waals surface area contributed by atoms with Gasteiger partial charge in [-0.05, 0) is 30.7 Å². The first-order chi connectivity index (χ1) is 10.8. The number of aromatic nitrogens is 3. The molecule has 0 aliphatic carbocycles. The van der Waals surface area contributed by atoms with Gasteiger partial charge in [0.05, 0.1) is 6.61 Å². The Morgan fingerprint density at radius 3 is 2.82 bits per heavy atom. The first-order valence-corrected chi connectivity index (χ1v) is 7.47. The number of nitrogens with zero attached hydrogens (tertiary/aromatic N) is 3. The summed E-state index contributed by atoms with van der Waals surface area (Å²) < 4.78 is 7.84. The van der Waals surface area contributed by atoms with Gasteiger partial charge < -0.3 is 15.0 Å². The van der Waals surface area contributed by atoms with Crippen molar-refractivity contribution >= 4 is 11.2 Å². The second kappa shape index (κ2) is 6.58. The van der Waals surface area contributed by atoms with E-state index in [1.165, 1.54) is 0 Å². The molecule has 2 heterocycles. The number of hydrogen-bond donors (Lipinski definition) is 1. The van der Waals surface area contributed by atoms with Crippen LogP contribution in [0.15, 0.2) is 42.6 Å². The van der Waals surface area contributed by atoms with Crippen LogP contribution in [0.5, 0.6) is 5.75 Å². The lowest BCUT2D eigenvalue weighted by Gasteiger charge is -2.08. The van der Waals surface area contributed by atoms with E-state index in [0.717, 1.165) is 34.7 Å². The van der Waals surface area contributed by atoms with Gasteiger partial charge in [0.2, 0.25) is 0 Å². The normalized spacial score (nSPS) is 11.0. The average molecular weight is 296 g/mol. The Kier molecular flexibility index (Phi) is 4.34. The predicted molar refractivity (Wildman–Crippen MR) is 87.0 cm³/mol. The number of benzene rings is 1.